The zero-order chi connectivity index (χ0) is 12.9. The van der Waals surface area contributed by atoms with Crippen LogP contribution >= 0.6 is 0 Å². The quantitative estimate of drug-likeness (QED) is 0.818. The Kier molecular flexibility index (Phi) is 4.53. The Balaban J connectivity index is 1.34. The number of furan rings is 1. The summed E-state index contributed by atoms with van der Waals surface area (Å²) < 4.78 is 16.8. The first kappa shape index (κ1) is 13.2. The van der Waals surface area contributed by atoms with Gasteiger partial charge in [0.1, 0.15) is 5.76 Å². The Morgan fingerprint density at radius 1 is 1.26 bits per heavy atom. The topological polar surface area (TPSA) is 34.8 Å². The van der Waals surface area contributed by atoms with Gasteiger partial charge >= 0.3 is 0 Å². The molecule has 3 heterocycles. The predicted octanol–water partition coefficient (Wildman–Crippen LogP) is 2.30. The van der Waals surface area contributed by atoms with Gasteiger partial charge in [-0.05, 0) is 31.4 Å². The number of likely N-dealkylation sites (tertiary alicyclic amines) is 1. The van der Waals surface area contributed by atoms with Crippen LogP contribution in [0.5, 0.6) is 0 Å². The molecule has 4 heteroatoms. The van der Waals surface area contributed by atoms with Gasteiger partial charge in [0.25, 0.3) is 0 Å². The van der Waals surface area contributed by atoms with Crippen LogP contribution in [0.15, 0.2) is 22.8 Å². The van der Waals surface area contributed by atoms with Crippen LogP contribution in [0.2, 0.25) is 0 Å². The molecule has 19 heavy (non-hydrogen) atoms. The lowest BCUT2D eigenvalue weighted by atomic mass is 10.1. The summed E-state index contributed by atoms with van der Waals surface area (Å²) in [7, 11) is 0. The van der Waals surface area contributed by atoms with E-state index in [9.17, 15) is 0 Å². The zero-order valence-electron chi connectivity index (χ0n) is 11.4. The number of piperidine rings is 1. The summed E-state index contributed by atoms with van der Waals surface area (Å²) in [6.07, 6.45) is 5.61. The monoisotopic (exact) mass is 265 g/mol. The van der Waals surface area contributed by atoms with Crippen LogP contribution in [0.25, 0.3) is 0 Å². The smallest absolute Gasteiger partial charge is 0.117 e. The van der Waals surface area contributed by atoms with E-state index in [0.29, 0.717) is 12.0 Å². The van der Waals surface area contributed by atoms with Gasteiger partial charge in [-0.15, -0.1) is 0 Å². The minimum Gasteiger partial charge on any atom is -0.468 e. The molecule has 0 spiro atoms. The highest BCUT2D eigenvalue weighted by atomic mass is 16.5. The zero-order valence-corrected chi connectivity index (χ0v) is 11.4. The molecule has 0 bridgehead atoms. The van der Waals surface area contributed by atoms with Gasteiger partial charge in [0, 0.05) is 25.6 Å². The highest BCUT2D eigenvalue weighted by Gasteiger charge is 2.22. The lowest BCUT2D eigenvalue weighted by molar-refractivity contribution is -0.0125. The van der Waals surface area contributed by atoms with E-state index in [2.05, 4.69) is 4.90 Å². The molecule has 4 nitrogen and oxygen atoms in total. The van der Waals surface area contributed by atoms with E-state index in [4.69, 9.17) is 13.9 Å². The van der Waals surface area contributed by atoms with Crippen molar-refractivity contribution < 1.29 is 13.9 Å². The summed E-state index contributed by atoms with van der Waals surface area (Å²) in [6, 6.07) is 4.00. The van der Waals surface area contributed by atoms with E-state index in [1.165, 1.54) is 0 Å². The maximum absolute atomic E-state index is 6.02. The molecule has 0 amide bonds. The molecular weight excluding hydrogens is 242 g/mol. The molecule has 2 saturated heterocycles. The van der Waals surface area contributed by atoms with Crippen molar-refractivity contribution in [2.24, 2.45) is 5.92 Å². The third-order valence-corrected chi connectivity index (χ3v) is 4.09. The maximum atomic E-state index is 6.02. The van der Waals surface area contributed by atoms with Gasteiger partial charge in [0.2, 0.25) is 0 Å². The van der Waals surface area contributed by atoms with Crippen molar-refractivity contribution in [3.05, 3.63) is 24.2 Å². The number of rotatable bonds is 5. The summed E-state index contributed by atoms with van der Waals surface area (Å²) in [5.41, 5.74) is 0. The molecule has 0 radical (unpaired) electrons. The molecule has 1 aromatic rings. The van der Waals surface area contributed by atoms with Gasteiger partial charge in [-0.25, -0.2) is 0 Å². The molecule has 0 aromatic carbocycles. The van der Waals surface area contributed by atoms with Gasteiger partial charge in [-0.1, -0.05) is 0 Å². The number of nitrogens with zero attached hydrogens (tertiary/aromatic N) is 1. The number of hydrogen-bond acceptors (Lipinski definition) is 4. The van der Waals surface area contributed by atoms with Crippen molar-refractivity contribution in [1.29, 1.82) is 0 Å². The van der Waals surface area contributed by atoms with Gasteiger partial charge in [0.05, 0.1) is 32.1 Å². The SMILES string of the molecule is c1coc(CN2CCC(OC[C@H]3CCOC3)CC2)c1. The first-order valence-corrected chi connectivity index (χ1v) is 7.34. The first-order chi connectivity index (χ1) is 9.40. The summed E-state index contributed by atoms with van der Waals surface area (Å²) in [4.78, 5) is 2.44. The fourth-order valence-corrected chi connectivity index (χ4v) is 2.84. The highest BCUT2D eigenvalue weighted by Crippen LogP contribution is 2.19. The van der Waals surface area contributed by atoms with Crippen molar-refractivity contribution in [2.45, 2.75) is 31.9 Å². The Bertz CT molecular complexity index is 351. The predicted molar refractivity (Wildman–Crippen MR) is 71.9 cm³/mol. The van der Waals surface area contributed by atoms with Crippen molar-refractivity contribution in [2.75, 3.05) is 32.9 Å². The van der Waals surface area contributed by atoms with Gasteiger partial charge < -0.3 is 13.9 Å². The summed E-state index contributed by atoms with van der Waals surface area (Å²) in [5.74, 6) is 1.68. The van der Waals surface area contributed by atoms with E-state index in [0.717, 1.165) is 64.5 Å². The highest BCUT2D eigenvalue weighted by molar-refractivity contribution is 4.98. The molecule has 1 atom stereocenters. The molecule has 0 unspecified atom stereocenters. The lowest BCUT2D eigenvalue weighted by Crippen LogP contribution is -2.37. The average molecular weight is 265 g/mol. The Labute approximate surface area is 114 Å². The van der Waals surface area contributed by atoms with Crippen LogP contribution in [-0.2, 0) is 16.0 Å². The van der Waals surface area contributed by atoms with E-state index in [1.807, 2.05) is 12.1 Å². The second-order valence-electron chi connectivity index (χ2n) is 5.62. The second kappa shape index (κ2) is 6.55. The van der Waals surface area contributed by atoms with E-state index < -0.39 is 0 Å². The molecular formula is C15H23NO3. The number of ether oxygens (including phenoxy) is 2. The Morgan fingerprint density at radius 2 is 2.16 bits per heavy atom. The minimum absolute atomic E-state index is 0.438. The van der Waals surface area contributed by atoms with E-state index in [1.54, 1.807) is 6.26 Å². The van der Waals surface area contributed by atoms with Crippen molar-refractivity contribution in [3.63, 3.8) is 0 Å². The fraction of sp³-hybridized carbons (Fsp3) is 0.733. The Hall–Kier alpha value is -0.840. The van der Waals surface area contributed by atoms with Gasteiger partial charge in [0.15, 0.2) is 0 Å². The maximum Gasteiger partial charge on any atom is 0.117 e. The van der Waals surface area contributed by atoms with E-state index >= 15 is 0 Å². The third kappa shape index (κ3) is 3.81. The normalized spacial score (nSPS) is 26.0. The summed E-state index contributed by atoms with van der Waals surface area (Å²) >= 11 is 0. The van der Waals surface area contributed by atoms with Gasteiger partial charge in [-0.2, -0.15) is 0 Å². The van der Waals surface area contributed by atoms with Crippen LogP contribution in [0.4, 0.5) is 0 Å². The standard InChI is InChI=1S/C15H23NO3/c1-2-15(18-8-1)10-16-6-3-14(4-7-16)19-12-13-5-9-17-11-13/h1-2,8,13-14H,3-7,9-12H2/t13-/m0/s1. The number of hydrogen-bond donors (Lipinski definition) is 0. The van der Waals surface area contributed by atoms with Crippen LogP contribution in [0.3, 0.4) is 0 Å². The third-order valence-electron chi connectivity index (χ3n) is 4.09. The first-order valence-electron chi connectivity index (χ1n) is 7.34. The van der Waals surface area contributed by atoms with Crippen molar-refractivity contribution in [3.8, 4) is 0 Å². The van der Waals surface area contributed by atoms with Crippen LogP contribution < -0.4 is 0 Å². The minimum atomic E-state index is 0.438. The van der Waals surface area contributed by atoms with Crippen LogP contribution in [0, 0.1) is 5.92 Å². The van der Waals surface area contributed by atoms with E-state index in [-0.39, 0.29) is 0 Å². The van der Waals surface area contributed by atoms with Crippen LogP contribution in [0.1, 0.15) is 25.0 Å². The van der Waals surface area contributed by atoms with Crippen LogP contribution in [-0.4, -0.2) is 43.9 Å². The second-order valence-corrected chi connectivity index (χ2v) is 5.62. The summed E-state index contributed by atoms with van der Waals surface area (Å²) in [6.45, 7) is 5.81. The largest absolute Gasteiger partial charge is 0.468 e. The fourth-order valence-electron chi connectivity index (χ4n) is 2.84. The molecule has 2 aliphatic heterocycles. The van der Waals surface area contributed by atoms with Crippen molar-refractivity contribution >= 4 is 0 Å². The molecule has 0 N–H and O–H groups in total. The molecule has 106 valence electrons. The molecule has 0 aliphatic carbocycles. The summed E-state index contributed by atoms with van der Waals surface area (Å²) in [5, 5.41) is 0. The van der Waals surface area contributed by atoms with Gasteiger partial charge in [-0.3, -0.25) is 4.90 Å². The molecule has 2 fully saturated rings. The molecule has 3 rings (SSSR count). The lowest BCUT2D eigenvalue weighted by Gasteiger charge is -2.31. The molecule has 2 aliphatic rings. The molecule has 0 saturated carbocycles. The average Bonchev–Trinajstić information content (AvgIpc) is 3.11. The molecule has 1 aromatic heterocycles. The Morgan fingerprint density at radius 3 is 2.84 bits per heavy atom. The van der Waals surface area contributed by atoms with Crippen molar-refractivity contribution in [1.82, 2.24) is 4.90 Å².